The molecule has 86 valence electrons. The predicted octanol–water partition coefficient (Wildman–Crippen LogP) is -0.000600. The van der Waals surface area contributed by atoms with Gasteiger partial charge < -0.3 is 5.73 Å². The molecule has 15 heavy (non-hydrogen) atoms. The van der Waals surface area contributed by atoms with Crippen molar-refractivity contribution in [1.82, 2.24) is 9.80 Å². The van der Waals surface area contributed by atoms with Crippen LogP contribution < -0.4 is 5.73 Å². The zero-order valence-corrected chi connectivity index (χ0v) is 9.82. The van der Waals surface area contributed by atoms with Gasteiger partial charge in [-0.25, -0.2) is 0 Å². The van der Waals surface area contributed by atoms with Gasteiger partial charge in [0.05, 0.1) is 6.04 Å². The van der Waals surface area contributed by atoms with E-state index in [1.54, 1.807) is 0 Å². The third kappa shape index (κ3) is 2.49. The Hall–Kier alpha value is -0.610. The zero-order valence-electron chi connectivity index (χ0n) is 9.82. The Bertz CT molecular complexity index is 241. The van der Waals surface area contributed by atoms with Gasteiger partial charge in [-0.2, -0.15) is 0 Å². The highest BCUT2D eigenvalue weighted by Gasteiger charge is 2.33. The van der Waals surface area contributed by atoms with Gasteiger partial charge in [-0.3, -0.25) is 14.8 Å². The molecule has 0 spiro atoms. The number of amidine groups is 1. The Balaban J connectivity index is 1.95. The van der Waals surface area contributed by atoms with E-state index in [4.69, 9.17) is 5.73 Å². The fourth-order valence-corrected chi connectivity index (χ4v) is 2.29. The van der Waals surface area contributed by atoms with Crippen molar-refractivity contribution < 1.29 is 0 Å². The molecule has 0 aromatic rings. The summed E-state index contributed by atoms with van der Waals surface area (Å²) in [5.41, 5.74) is 6.06. The van der Waals surface area contributed by atoms with E-state index in [1.807, 2.05) is 0 Å². The molecule has 0 aromatic heterocycles. The van der Waals surface area contributed by atoms with Crippen molar-refractivity contribution in [1.29, 1.82) is 0 Å². The van der Waals surface area contributed by atoms with Crippen molar-refractivity contribution in [2.45, 2.75) is 19.9 Å². The second-order valence-corrected chi connectivity index (χ2v) is 5.01. The lowest BCUT2D eigenvalue weighted by Gasteiger charge is -2.47. The standard InChI is InChI=1S/C11H22N4/c1-9(2)7-13-11(12)10-8-14-3-5-15(10)6-4-14/h9-10H,3-8H2,1-2H3,(H2,12,13). The van der Waals surface area contributed by atoms with Crippen LogP contribution in [0.4, 0.5) is 0 Å². The molecule has 2 N–H and O–H groups in total. The predicted molar refractivity (Wildman–Crippen MR) is 63.1 cm³/mol. The van der Waals surface area contributed by atoms with Crippen molar-refractivity contribution in [3.8, 4) is 0 Å². The van der Waals surface area contributed by atoms with Gasteiger partial charge >= 0.3 is 0 Å². The van der Waals surface area contributed by atoms with E-state index < -0.39 is 0 Å². The zero-order chi connectivity index (χ0) is 10.8. The first-order valence-corrected chi connectivity index (χ1v) is 5.93. The Morgan fingerprint density at radius 2 is 2.00 bits per heavy atom. The molecule has 4 nitrogen and oxygen atoms in total. The number of piperazine rings is 3. The minimum Gasteiger partial charge on any atom is -0.386 e. The molecule has 0 saturated carbocycles. The molecular weight excluding hydrogens is 188 g/mol. The maximum absolute atomic E-state index is 6.06. The Kier molecular flexibility index (Phi) is 3.26. The smallest absolute Gasteiger partial charge is 0.112 e. The molecule has 0 aliphatic carbocycles. The summed E-state index contributed by atoms with van der Waals surface area (Å²) in [6.45, 7) is 11.0. The van der Waals surface area contributed by atoms with E-state index in [9.17, 15) is 0 Å². The van der Waals surface area contributed by atoms with Crippen LogP contribution in [0.5, 0.6) is 0 Å². The van der Waals surface area contributed by atoms with Crippen molar-refractivity contribution >= 4 is 5.84 Å². The SMILES string of the molecule is CC(C)CN=C(N)C1CN2CCN1CC2. The summed E-state index contributed by atoms with van der Waals surface area (Å²) in [4.78, 5) is 9.45. The average molecular weight is 210 g/mol. The minimum atomic E-state index is 0.381. The molecule has 0 amide bonds. The number of nitrogens with two attached hydrogens (primary N) is 1. The third-order valence-electron chi connectivity index (χ3n) is 3.26. The molecule has 1 unspecified atom stereocenters. The molecule has 0 aromatic carbocycles. The molecule has 1 atom stereocenters. The van der Waals surface area contributed by atoms with Crippen LogP contribution in [0.1, 0.15) is 13.8 Å². The van der Waals surface area contributed by atoms with E-state index in [0.29, 0.717) is 12.0 Å². The fraction of sp³-hybridized carbons (Fsp3) is 0.909. The first kappa shape index (κ1) is 10.9. The van der Waals surface area contributed by atoms with Crippen LogP contribution in [0, 0.1) is 5.92 Å². The molecule has 3 fully saturated rings. The van der Waals surface area contributed by atoms with Crippen LogP contribution >= 0.6 is 0 Å². The molecular formula is C11H22N4. The second-order valence-electron chi connectivity index (χ2n) is 5.01. The largest absolute Gasteiger partial charge is 0.386 e. The summed E-state index contributed by atoms with van der Waals surface area (Å²) in [7, 11) is 0. The van der Waals surface area contributed by atoms with Crippen LogP contribution in [0.15, 0.2) is 4.99 Å². The van der Waals surface area contributed by atoms with Crippen LogP contribution in [0.3, 0.4) is 0 Å². The van der Waals surface area contributed by atoms with Crippen molar-refractivity contribution in [2.75, 3.05) is 39.3 Å². The number of nitrogens with zero attached hydrogens (tertiary/aromatic N) is 3. The topological polar surface area (TPSA) is 44.9 Å². The highest BCUT2D eigenvalue weighted by atomic mass is 15.4. The third-order valence-corrected chi connectivity index (χ3v) is 3.26. The van der Waals surface area contributed by atoms with E-state index in [-0.39, 0.29) is 0 Å². The lowest BCUT2D eigenvalue weighted by molar-refractivity contribution is 0.0403. The van der Waals surface area contributed by atoms with Crippen LogP contribution in [0.25, 0.3) is 0 Å². The molecule has 4 heteroatoms. The quantitative estimate of drug-likeness (QED) is 0.527. The van der Waals surface area contributed by atoms with Crippen LogP contribution in [-0.4, -0.2) is 60.9 Å². The van der Waals surface area contributed by atoms with Crippen LogP contribution in [-0.2, 0) is 0 Å². The molecule has 3 rings (SSSR count). The maximum atomic E-state index is 6.06. The Labute approximate surface area is 92.1 Å². The van der Waals surface area contributed by atoms with Crippen molar-refractivity contribution in [3.05, 3.63) is 0 Å². The second kappa shape index (κ2) is 4.49. The van der Waals surface area contributed by atoms with E-state index in [1.165, 1.54) is 13.1 Å². The molecule has 3 aliphatic rings. The van der Waals surface area contributed by atoms with Gasteiger partial charge in [0, 0.05) is 39.3 Å². The Morgan fingerprint density at radius 1 is 1.33 bits per heavy atom. The lowest BCUT2D eigenvalue weighted by atomic mass is 10.1. The summed E-state index contributed by atoms with van der Waals surface area (Å²) in [5.74, 6) is 1.44. The van der Waals surface area contributed by atoms with Gasteiger partial charge in [0.1, 0.15) is 5.84 Å². The van der Waals surface area contributed by atoms with Gasteiger partial charge in [0.25, 0.3) is 0 Å². The fourth-order valence-electron chi connectivity index (χ4n) is 2.29. The molecule has 3 aliphatic heterocycles. The highest BCUT2D eigenvalue weighted by Crippen LogP contribution is 2.15. The van der Waals surface area contributed by atoms with Crippen LogP contribution in [0.2, 0.25) is 0 Å². The number of hydrogen-bond acceptors (Lipinski definition) is 3. The van der Waals surface area contributed by atoms with E-state index in [0.717, 1.165) is 32.0 Å². The summed E-state index contributed by atoms with van der Waals surface area (Å²) in [6, 6.07) is 0.381. The number of fused-ring (bicyclic) bond motifs is 3. The first-order chi connectivity index (χ1) is 7.16. The van der Waals surface area contributed by atoms with Gasteiger partial charge in [0.15, 0.2) is 0 Å². The van der Waals surface area contributed by atoms with Crippen molar-refractivity contribution in [3.63, 3.8) is 0 Å². The van der Waals surface area contributed by atoms with Gasteiger partial charge in [0.2, 0.25) is 0 Å². The highest BCUT2D eigenvalue weighted by molar-refractivity contribution is 5.86. The monoisotopic (exact) mass is 210 g/mol. The van der Waals surface area contributed by atoms with E-state index in [2.05, 4.69) is 28.6 Å². The number of aliphatic imine (C=N–C) groups is 1. The summed E-state index contributed by atoms with van der Waals surface area (Å²) in [6.07, 6.45) is 0. The molecule has 3 saturated heterocycles. The van der Waals surface area contributed by atoms with Gasteiger partial charge in [-0.05, 0) is 5.92 Å². The number of hydrogen-bond donors (Lipinski definition) is 1. The van der Waals surface area contributed by atoms with Gasteiger partial charge in [-0.15, -0.1) is 0 Å². The van der Waals surface area contributed by atoms with E-state index >= 15 is 0 Å². The first-order valence-electron chi connectivity index (χ1n) is 5.93. The Morgan fingerprint density at radius 3 is 2.47 bits per heavy atom. The lowest BCUT2D eigenvalue weighted by Crippen LogP contribution is -2.64. The molecule has 0 radical (unpaired) electrons. The molecule has 3 heterocycles. The summed E-state index contributed by atoms with van der Waals surface area (Å²) in [5, 5.41) is 0. The van der Waals surface area contributed by atoms with Crippen molar-refractivity contribution in [2.24, 2.45) is 16.6 Å². The summed E-state index contributed by atoms with van der Waals surface area (Å²) < 4.78 is 0. The maximum Gasteiger partial charge on any atom is 0.112 e. The average Bonchev–Trinajstić information content (AvgIpc) is 2.27. The summed E-state index contributed by atoms with van der Waals surface area (Å²) >= 11 is 0. The minimum absolute atomic E-state index is 0.381. The normalized spacial score (nSPS) is 36.2. The molecule has 2 bridgehead atoms. The van der Waals surface area contributed by atoms with Gasteiger partial charge in [-0.1, -0.05) is 13.8 Å². The number of rotatable bonds is 3.